The van der Waals surface area contributed by atoms with Gasteiger partial charge in [-0.1, -0.05) is 13.8 Å². The Labute approximate surface area is 101 Å². The molecule has 1 unspecified atom stereocenters. The Hall–Kier alpha value is -0.870. The minimum atomic E-state index is -0.310. The van der Waals surface area contributed by atoms with Crippen molar-refractivity contribution in [2.45, 2.75) is 33.2 Å². The van der Waals surface area contributed by atoms with E-state index in [-0.39, 0.29) is 12.0 Å². The van der Waals surface area contributed by atoms with Crippen LogP contribution in [-0.2, 0) is 16.0 Å². The van der Waals surface area contributed by atoms with Gasteiger partial charge in [-0.3, -0.25) is 0 Å². The van der Waals surface area contributed by atoms with E-state index in [0.29, 0.717) is 6.61 Å². The van der Waals surface area contributed by atoms with Crippen LogP contribution >= 0.6 is 11.3 Å². The molecule has 1 atom stereocenters. The van der Waals surface area contributed by atoms with Crippen molar-refractivity contribution in [1.29, 1.82) is 0 Å². The Morgan fingerprint density at radius 3 is 2.69 bits per heavy atom. The Kier molecular flexibility index (Phi) is 5.49. The SMILES string of the molecule is CCNC(C(=O)OCC)c1ccc(CC)s1. The van der Waals surface area contributed by atoms with E-state index in [0.717, 1.165) is 17.8 Å². The first kappa shape index (κ1) is 13.2. The van der Waals surface area contributed by atoms with Crippen molar-refractivity contribution in [2.75, 3.05) is 13.2 Å². The van der Waals surface area contributed by atoms with Gasteiger partial charge in [-0.05, 0) is 32.0 Å². The van der Waals surface area contributed by atoms with Gasteiger partial charge in [0.05, 0.1) is 6.61 Å². The van der Waals surface area contributed by atoms with Gasteiger partial charge in [-0.15, -0.1) is 11.3 Å². The number of hydrogen-bond donors (Lipinski definition) is 1. The highest BCUT2D eigenvalue weighted by atomic mass is 32.1. The topological polar surface area (TPSA) is 38.3 Å². The Morgan fingerprint density at radius 2 is 2.19 bits per heavy atom. The van der Waals surface area contributed by atoms with E-state index in [1.54, 1.807) is 11.3 Å². The van der Waals surface area contributed by atoms with Crippen LogP contribution in [0.15, 0.2) is 12.1 Å². The van der Waals surface area contributed by atoms with Crippen molar-refractivity contribution in [2.24, 2.45) is 0 Å². The Morgan fingerprint density at radius 1 is 1.44 bits per heavy atom. The normalized spacial score (nSPS) is 12.4. The summed E-state index contributed by atoms with van der Waals surface area (Å²) in [5, 5.41) is 3.16. The average molecular weight is 241 g/mol. The third-order valence-corrected chi connectivity index (χ3v) is 3.54. The fourth-order valence-corrected chi connectivity index (χ4v) is 2.49. The third-order valence-electron chi connectivity index (χ3n) is 2.25. The monoisotopic (exact) mass is 241 g/mol. The smallest absolute Gasteiger partial charge is 0.328 e. The lowest BCUT2D eigenvalue weighted by Crippen LogP contribution is -2.29. The largest absolute Gasteiger partial charge is 0.465 e. The number of esters is 1. The Bertz CT molecular complexity index is 336. The lowest BCUT2D eigenvalue weighted by molar-refractivity contribution is -0.145. The number of ether oxygens (including phenoxy) is 1. The number of aryl methyl sites for hydroxylation is 1. The van der Waals surface area contributed by atoms with Gasteiger partial charge in [0.2, 0.25) is 0 Å². The summed E-state index contributed by atoms with van der Waals surface area (Å²) in [6, 6.07) is 3.77. The standard InChI is InChI=1S/C12H19NO2S/c1-4-9-7-8-10(16-9)11(13-5-2)12(14)15-6-3/h7-8,11,13H,4-6H2,1-3H3. The first-order valence-electron chi connectivity index (χ1n) is 5.71. The van der Waals surface area contributed by atoms with Crippen molar-refractivity contribution in [3.63, 3.8) is 0 Å². The fourth-order valence-electron chi connectivity index (χ4n) is 1.47. The predicted octanol–water partition coefficient (Wildman–Crippen LogP) is 2.52. The van der Waals surface area contributed by atoms with Gasteiger partial charge in [0.15, 0.2) is 0 Å². The summed E-state index contributed by atoms with van der Waals surface area (Å²) in [6.07, 6.45) is 1.01. The Balaban J connectivity index is 2.79. The van der Waals surface area contributed by atoms with E-state index in [1.165, 1.54) is 4.88 Å². The van der Waals surface area contributed by atoms with Crippen LogP contribution in [0.5, 0.6) is 0 Å². The molecule has 0 aliphatic heterocycles. The van der Waals surface area contributed by atoms with E-state index < -0.39 is 0 Å². The minimum Gasteiger partial charge on any atom is -0.465 e. The first-order valence-corrected chi connectivity index (χ1v) is 6.53. The van der Waals surface area contributed by atoms with Crippen LogP contribution in [0.2, 0.25) is 0 Å². The molecule has 0 aliphatic carbocycles. The summed E-state index contributed by atoms with van der Waals surface area (Å²) in [5.41, 5.74) is 0. The molecular weight excluding hydrogens is 222 g/mol. The van der Waals surface area contributed by atoms with Crippen molar-refractivity contribution < 1.29 is 9.53 Å². The zero-order valence-corrected chi connectivity index (χ0v) is 10.9. The highest BCUT2D eigenvalue weighted by Crippen LogP contribution is 2.24. The molecular formula is C12H19NO2S. The molecule has 0 saturated carbocycles. The van der Waals surface area contributed by atoms with E-state index in [9.17, 15) is 4.79 Å². The summed E-state index contributed by atoms with van der Waals surface area (Å²) in [7, 11) is 0. The summed E-state index contributed by atoms with van der Waals surface area (Å²) in [4.78, 5) is 14.1. The van der Waals surface area contributed by atoms with Gasteiger partial charge in [-0.25, -0.2) is 4.79 Å². The summed E-state index contributed by atoms with van der Waals surface area (Å²) >= 11 is 1.67. The second kappa shape index (κ2) is 6.66. The molecule has 0 aliphatic rings. The molecule has 1 heterocycles. The van der Waals surface area contributed by atoms with Crippen LogP contribution < -0.4 is 5.32 Å². The number of rotatable bonds is 6. The summed E-state index contributed by atoms with van der Waals surface area (Å²) < 4.78 is 5.06. The maximum absolute atomic E-state index is 11.8. The lowest BCUT2D eigenvalue weighted by Gasteiger charge is -2.14. The molecule has 1 N–H and O–H groups in total. The number of thiophene rings is 1. The van der Waals surface area contributed by atoms with Gasteiger partial charge in [-0.2, -0.15) is 0 Å². The van der Waals surface area contributed by atoms with E-state index >= 15 is 0 Å². The van der Waals surface area contributed by atoms with Gasteiger partial charge in [0.1, 0.15) is 6.04 Å². The number of likely N-dealkylation sites (N-methyl/N-ethyl adjacent to an activating group) is 1. The average Bonchev–Trinajstić information content (AvgIpc) is 2.74. The second-order valence-corrected chi connectivity index (χ2v) is 4.60. The van der Waals surface area contributed by atoms with Crippen LogP contribution in [0, 0.1) is 0 Å². The molecule has 0 amide bonds. The lowest BCUT2D eigenvalue weighted by atomic mass is 10.2. The molecule has 0 spiro atoms. The van der Waals surface area contributed by atoms with Crippen LogP contribution in [0.3, 0.4) is 0 Å². The van der Waals surface area contributed by atoms with Gasteiger partial charge in [0, 0.05) is 9.75 Å². The van der Waals surface area contributed by atoms with E-state index in [2.05, 4.69) is 18.3 Å². The van der Waals surface area contributed by atoms with Crippen molar-refractivity contribution in [3.8, 4) is 0 Å². The number of carbonyl (C=O) groups is 1. The molecule has 3 nitrogen and oxygen atoms in total. The van der Waals surface area contributed by atoms with Crippen molar-refractivity contribution in [3.05, 3.63) is 21.9 Å². The summed E-state index contributed by atoms with van der Waals surface area (Å²) in [6.45, 7) is 7.10. The minimum absolute atomic E-state index is 0.186. The first-order chi connectivity index (χ1) is 7.72. The predicted molar refractivity (Wildman–Crippen MR) is 66.7 cm³/mol. The zero-order chi connectivity index (χ0) is 12.0. The molecule has 0 bridgehead atoms. The molecule has 0 saturated heterocycles. The maximum atomic E-state index is 11.8. The third kappa shape index (κ3) is 3.32. The van der Waals surface area contributed by atoms with Gasteiger partial charge >= 0.3 is 5.97 Å². The molecule has 0 fully saturated rings. The molecule has 0 aromatic carbocycles. The number of carbonyl (C=O) groups excluding carboxylic acids is 1. The van der Waals surface area contributed by atoms with E-state index in [1.807, 2.05) is 19.9 Å². The number of hydrogen-bond acceptors (Lipinski definition) is 4. The molecule has 1 rings (SSSR count). The number of nitrogens with one attached hydrogen (secondary N) is 1. The molecule has 4 heteroatoms. The van der Waals surface area contributed by atoms with Crippen LogP contribution in [-0.4, -0.2) is 19.1 Å². The highest BCUT2D eigenvalue weighted by molar-refractivity contribution is 7.12. The van der Waals surface area contributed by atoms with Gasteiger partial charge < -0.3 is 10.1 Å². The van der Waals surface area contributed by atoms with E-state index in [4.69, 9.17) is 4.74 Å². The maximum Gasteiger partial charge on any atom is 0.328 e. The summed E-state index contributed by atoms with van der Waals surface area (Å²) in [5.74, 6) is -0.186. The molecule has 16 heavy (non-hydrogen) atoms. The van der Waals surface area contributed by atoms with Crippen molar-refractivity contribution in [1.82, 2.24) is 5.32 Å². The van der Waals surface area contributed by atoms with Crippen molar-refractivity contribution >= 4 is 17.3 Å². The molecule has 1 aromatic rings. The van der Waals surface area contributed by atoms with Crippen LogP contribution in [0.4, 0.5) is 0 Å². The molecule has 90 valence electrons. The van der Waals surface area contributed by atoms with Gasteiger partial charge in [0.25, 0.3) is 0 Å². The quantitative estimate of drug-likeness (QED) is 0.778. The molecule has 0 radical (unpaired) electrons. The van der Waals surface area contributed by atoms with Crippen LogP contribution in [0.1, 0.15) is 36.6 Å². The highest BCUT2D eigenvalue weighted by Gasteiger charge is 2.22. The molecule has 1 aromatic heterocycles. The fraction of sp³-hybridized carbons (Fsp3) is 0.583. The van der Waals surface area contributed by atoms with Crippen LogP contribution in [0.25, 0.3) is 0 Å². The second-order valence-electron chi connectivity index (χ2n) is 3.40. The zero-order valence-electron chi connectivity index (χ0n) is 10.1.